The highest BCUT2D eigenvalue weighted by Crippen LogP contribution is 2.44. The first-order valence-electron chi connectivity index (χ1n) is 5.42. The van der Waals surface area contributed by atoms with Crippen LogP contribution in [0.1, 0.15) is 19.3 Å². The summed E-state index contributed by atoms with van der Waals surface area (Å²) in [7, 11) is 0. The van der Waals surface area contributed by atoms with Gasteiger partial charge in [0.05, 0.1) is 0 Å². The van der Waals surface area contributed by atoms with Gasteiger partial charge in [-0.1, -0.05) is 24.6 Å². The van der Waals surface area contributed by atoms with Crippen LogP contribution in [0.2, 0.25) is 0 Å². The predicted molar refractivity (Wildman–Crippen MR) is 62.5 cm³/mol. The Morgan fingerprint density at radius 1 is 1.14 bits per heavy atom. The highest BCUT2D eigenvalue weighted by atomic mass is 32.2. The number of hydrogen-bond donors (Lipinski definition) is 0. The minimum absolute atomic E-state index is 0.822. The zero-order valence-electron chi connectivity index (χ0n) is 8.23. The Labute approximate surface area is 89.6 Å². The molecule has 0 N–H and O–H groups in total. The molecule has 1 saturated carbocycles. The smallest absolute Gasteiger partial charge is 0.0473 e. The molecule has 14 heavy (non-hydrogen) atoms. The Morgan fingerprint density at radius 3 is 2.86 bits per heavy atom. The average Bonchev–Trinajstić information content (AvgIpc) is 2.79. The van der Waals surface area contributed by atoms with Crippen molar-refractivity contribution >= 4 is 17.6 Å². The molecule has 3 rings (SSSR count). The van der Waals surface area contributed by atoms with Crippen molar-refractivity contribution in [3.63, 3.8) is 0 Å². The van der Waals surface area contributed by atoms with Gasteiger partial charge in [-0.15, -0.1) is 0 Å². The normalized spacial score (nSPS) is 30.7. The van der Waals surface area contributed by atoms with E-state index in [1.807, 2.05) is 11.9 Å². The zero-order chi connectivity index (χ0) is 9.38. The Morgan fingerprint density at radius 2 is 2.00 bits per heavy atom. The van der Waals surface area contributed by atoms with Crippen molar-refractivity contribution in [2.75, 3.05) is 10.1 Å². The molecule has 2 atom stereocenters. The molecule has 0 radical (unpaired) electrons. The van der Waals surface area contributed by atoms with Gasteiger partial charge in [-0.2, -0.15) is 0 Å². The molecule has 2 fully saturated rings. The highest BCUT2D eigenvalue weighted by molar-refractivity contribution is 8.00. The molecule has 1 aliphatic carbocycles. The number of benzene rings is 1. The van der Waals surface area contributed by atoms with Crippen LogP contribution < -0.4 is 4.31 Å². The molecule has 1 heterocycles. The second-order valence-corrected chi connectivity index (χ2v) is 5.20. The van der Waals surface area contributed by atoms with E-state index in [4.69, 9.17) is 0 Å². The van der Waals surface area contributed by atoms with Crippen molar-refractivity contribution < 1.29 is 0 Å². The zero-order valence-corrected chi connectivity index (χ0v) is 9.04. The molecule has 1 aromatic rings. The van der Waals surface area contributed by atoms with E-state index in [9.17, 15) is 0 Å². The first-order valence-corrected chi connectivity index (χ1v) is 6.36. The third kappa shape index (κ3) is 1.33. The van der Waals surface area contributed by atoms with E-state index in [1.54, 1.807) is 0 Å². The van der Waals surface area contributed by atoms with Crippen LogP contribution in [-0.2, 0) is 0 Å². The van der Waals surface area contributed by atoms with Gasteiger partial charge in [0.15, 0.2) is 0 Å². The molecule has 0 aromatic heterocycles. The molecule has 2 heteroatoms. The molecule has 2 unspecified atom stereocenters. The monoisotopic (exact) mass is 205 g/mol. The van der Waals surface area contributed by atoms with Gasteiger partial charge in [0.25, 0.3) is 0 Å². The molecule has 1 aromatic carbocycles. The maximum atomic E-state index is 2.54. The van der Waals surface area contributed by atoms with Crippen molar-refractivity contribution in [2.24, 2.45) is 5.92 Å². The molecule has 0 spiro atoms. The lowest BCUT2D eigenvalue weighted by Gasteiger charge is -2.24. The fraction of sp³-hybridized carbons (Fsp3) is 0.500. The second-order valence-electron chi connectivity index (χ2n) is 4.22. The van der Waals surface area contributed by atoms with Crippen LogP contribution in [0.4, 0.5) is 5.69 Å². The van der Waals surface area contributed by atoms with E-state index in [0.717, 1.165) is 12.0 Å². The Bertz CT molecular complexity index is 311. The summed E-state index contributed by atoms with van der Waals surface area (Å²) in [6.45, 7) is 0. The maximum absolute atomic E-state index is 2.54. The summed E-state index contributed by atoms with van der Waals surface area (Å²) in [6, 6.07) is 11.6. The Balaban J connectivity index is 1.86. The second kappa shape index (κ2) is 3.50. The van der Waals surface area contributed by atoms with Crippen molar-refractivity contribution in [3.8, 4) is 0 Å². The quantitative estimate of drug-likeness (QED) is 0.647. The minimum Gasteiger partial charge on any atom is -0.313 e. The van der Waals surface area contributed by atoms with Gasteiger partial charge in [0.2, 0.25) is 0 Å². The van der Waals surface area contributed by atoms with Crippen molar-refractivity contribution in [2.45, 2.75) is 25.3 Å². The van der Waals surface area contributed by atoms with Crippen LogP contribution in [0.3, 0.4) is 0 Å². The lowest BCUT2D eigenvalue weighted by atomic mass is 10.1. The van der Waals surface area contributed by atoms with E-state index in [2.05, 4.69) is 34.6 Å². The van der Waals surface area contributed by atoms with Gasteiger partial charge in [-0.05, 0) is 42.8 Å². The lowest BCUT2D eigenvalue weighted by molar-refractivity contribution is 0.567. The summed E-state index contributed by atoms with van der Waals surface area (Å²) in [5.74, 6) is 2.29. The summed E-state index contributed by atoms with van der Waals surface area (Å²) in [4.78, 5) is 0. The lowest BCUT2D eigenvalue weighted by Crippen LogP contribution is -2.25. The molecule has 0 bridgehead atoms. The van der Waals surface area contributed by atoms with Gasteiger partial charge < -0.3 is 4.31 Å². The van der Waals surface area contributed by atoms with Crippen LogP contribution >= 0.6 is 11.9 Å². The summed E-state index contributed by atoms with van der Waals surface area (Å²) < 4.78 is 2.54. The van der Waals surface area contributed by atoms with Crippen molar-refractivity contribution in [1.82, 2.24) is 0 Å². The van der Waals surface area contributed by atoms with Crippen molar-refractivity contribution in [3.05, 3.63) is 30.3 Å². The number of nitrogens with zero attached hydrogens (tertiary/aromatic N) is 1. The fourth-order valence-electron chi connectivity index (χ4n) is 2.63. The van der Waals surface area contributed by atoms with Crippen molar-refractivity contribution in [1.29, 1.82) is 0 Å². The summed E-state index contributed by atoms with van der Waals surface area (Å²) in [5.41, 5.74) is 1.40. The van der Waals surface area contributed by atoms with Crippen LogP contribution in [-0.4, -0.2) is 11.8 Å². The minimum atomic E-state index is 0.822. The Hall–Kier alpha value is -0.630. The number of rotatable bonds is 1. The van der Waals surface area contributed by atoms with E-state index < -0.39 is 0 Å². The number of fused-ring (bicyclic) bond motifs is 1. The van der Waals surface area contributed by atoms with Crippen LogP contribution in [0.25, 0.3) is 0 Å². The van der Waals surface area contributed by atoms with Gasteiger partial charge in [0.1, 0.15) is 0 Å². The van der Waals surface area contributed by atoms with Gasteiger partial charge in [-0.25, -0.2) is 0 Å². The first kappa shape index (κ1) is 8.66. The number of hydrogen-bond acceptors (Lipinski definition) is 2. The third-order valence-corrected chi connectivity index (χ3v) is 4.70. The van der Waals surface area contributed by atoms with Gasteiger partial charge >= 0.3 is 0 Å². The molecule has 1 aliphatic heterocycles. The standard InChI is InChI=1S/C12H15NS/c1-2-6-11(7-3-1)13-12-8-4-5-10(12)9-14-13/h1-3,6-7,10,12H,4-5,8-9H2. The van der Waals surface area contributed by atoms with Gasteiger partial charge in [0, 0.05) is 17.5 Å². The van der Waals surface area contributed by atoms with E-state index in [-0.39, 0.29) is 0 Å². The van der Waals surface area contributed by atoms with Crippen LogP contribution in [0.5, 0.6) is 0 Å². The molecule has 2 aliphatic rings. The molecule has 0 amide bonds. The summed E-state index contributed by atoms with van der Waals surface area (Å²) in [5, 5.41) is 0. The topological polar surface area (TPSA) is 3.24 Å². The summed E-state index contributed by atoms with van der Waals surface area (Å²) in [6.07, 6.45) is 4.27. The van der Waals surface area contributed by atoms with Crippen LogP contribution in [0, 0.1) is 5.92 Å². The molecule has 74 valence electrons. The molecular formula is C12H15NS. The average molecular weight is 205 g/mol. The van der Waals surface area contributed by atoms with E-state index in [0.29, 0.717) is 0 Å². The van der Waals surface area contributed by atoms with E-state index in [1.165, 1.54) is 30.7 Å². The predicted octanol–water partition coefficient (Wildman–Crippen LogP) is 3.32. The van der Waals surface area contributed by atoms with E-state index >= 15 is 0 Å². The molecular weight excluding hydrogens is 190 g/mol. The maximum Gasteiger partial charge on any atom is 0.0473 e. The highest BCUT2D eigenvalue weighted by Gasteiger charge is 2.38. The van der Waals surface area contributed by atoms with Crippen LogP contribution in [0.15, 0.2) is 30.3 Å². The van der Waals surface area contributed by atoms with Gasteiger partial charge in [-0.3, -0.25) is 0 Å². The fourth-order valence-corrected chi connectivity index (χ4v) is 4.11. The molecule has 1 saturated heterocycles. The first-order chi connectivity index (χ1) is 6.95. The number of anilines is 1. The number of para-hydroxylation sites is 1. The molecule has 1 nitrogen and oxygen atoms in total. The summed E-state index contributed by atoms with van der Waals surface area (Å²) >= 11 is 2.02. The largest absolute Gasteiger partial charge is 0.313 e. The third-order valence-electron chi connectivity index (χ3n) is 3.36. The SMILES string of the molecule is c1ccc(N2SCC3CCCC32)cc1. The Kier molecular flexibility index (Phi) is 2.17.